The number of nitrogens with zero attached hydrogens (tertiary/aromatic N) is 2. The van der Waals surface area contributed by atoms with E-state index < -0.39 is 23.4 Å². The van der Waals surface area contributed by atoms with Crippen molar-refractivity contribution in [2.45, 2.75) is 50.9 Å². The Kier molecular flexibility index (Phi) is 8.40. The van der Waals surface area contributed by atoms with Crippen LogP contribution in [0.1, 0.15) is 49.1 Å². The van der Waals surface area contributed by atoms with Crippen molar-refractivity contribution in [2.75, 3.05) is 0 Å². The van der Waals surface area contributed by atoms with Gasteiger partial charge in [-0.3, -0.25) is 4.79 Å². The number of hydrogen-bond acceptors (Lipinski definition) is 4. The Morgan fingerprint density at radius 3 is 2.47 bits per heavy atom. The highest BCUT2D eigenvalue weighted by Gasteiger charge is 2.36. The molecule has 0 aliphatic rings. The van der Waals surface area contributed by atoms with E-state index in [1.54, 1.807) is 6.08 Å². The second kappa shape index (κ2) is 11.1. The molecular weight excluding hydrogens is 491 g/mol. The summed E-state index contributed by atoms with van der Waals surface area (Å²) in [5.74, 6) is -0.966. The van der Waals surface area contributed by atoms with Crippen LogP contribution in [0.25, 0.3) is 6.08 Å². The molecule has 5 nitrogen and oxygen atoms in total. The number of carbonyl (C=O) groups is 1. The van der Waals surface area contributed by atoms with Crippen LogP contribution in [0, 0.1) is 0 Å². The van der Waals surface area contributed by atoms with E-state index in [-0.39, 0.29) is 17.8 Å². The summed E-state index contributed by atoms with van der Waals surface area (Å²) < 4.78 is 44.6. The Balaban J connectivity index is 1.81. The van der Waals surface area contributed by atoms with E-state index >= 15 is 0 Å². The lowest BCUT2D eigenvalue weighted by Crippen LogP contribution is -2.51. The Bertz CT molecular complexity index is 1210. The lowest BCUT2D eigenvalue weighted by molar-refractivity contribution is -0.141. The molecule has 0 saturated heterocycles. The lowest BCUT2D eigenvalue weighted by Gasteiger charge is -2.31. The highest BCUT2D eigenvalue weighted by atomic mass is 35.5. The maximum atomic E-state index is 13.2. The van der Waals surface area contributed by atoms with Gasteiger partial charge in [0.05, 0.1) is 0 Å². The highest BCUT2D eigenvalue weighted by molar-refractivity contribution is 6.30. The van der Waals surface area contributed by atoms with E-state index in [2.05, 4.69) is 21.9 Å². The third-order valence-corrected chi connectivity index (χ3v) is 6.00. The molecule has 1 N–H and O–H groups in total. The predicted molar refractivity (Wildman–Crippen MR) is 134 cm³/mol. The van der Waals surface area contributed by atoms with Crippen LogP contribution in [0.2, 0.25) is 5.02 Å². The standard InChI is InChI=1S/C27H27ClF3N3O2/c1-5-18-7-6-8-20(13-18)22(14-19-9-11-21(28)12-10-19)17(2)34-25(35)26(3,4)36-24-15-23(27(29,30)31)32-16-33-24/h5-13,15-17,22H,1,14H2,2-4H3,(H,34,35). The summed E-state index contributed by atoms with van der Waals surface area (Å²) in [4.78, 5) is 20.1. The molecule has 0 fully saturated rings. The van der Waals surface area contributed by atoms with E-state index in [4.69, 9.17) is 16.3 Å². The van der Waals surface area contributed by atoms with Crippen LogP contribution in [0.4, 0.5) is 13.2 Å². The molecule has 0 saturated carbocycles. The number of ether oxygens (including phenoxy) is 1. The van der Waals surface area contributed by atoms with Crippen molar-refractivity contribution in [3.63, 3.8) is 0 Å². The summed E-state index contributed by atoms with van der Waals surface area (Å²) in [6.45, 7) is 8.65. The molecular formula is C27H27ClF3N3O2. The normalized spacial score (nSPS) is 13.5. The van der Waals surface area contributed by atoms with Gasteiger partial charge in [-0.25, -0.2) is 9.97 Å². The van der Waals surface area contributed by atoms with Gasteiger partial charge in [-0.2, -0.15) is 13.2 Å². The molecule has 1 aromatic heterocycles. The number of amides is 1. The van der Waals surface area contributed by atoms with Crippen LogP contribution in [0.5, 0.6) is 5.88 Å². The summed E-state index contributed by atoms with van der Waals surface area (Å²) in [6.07, 6.45) is -1.54. The number of nitrogens with one attached hydrogen (secondary N) is 1. The zero-order valence-electron chi connectivity index (χ0n) is 20.1. The van der Waals surface area contributed by atoms with Gasteiger partial charge in [-0.05, 0) is 56.0 Å². The van der Waals surface area contributed by atoms with E-state index in [0.717, 1.165) is 23.0 Å². The number of benzene rings is 2. The average Bonchev–Trinajstić information content (AvgIpc) is 2.83. The van der Waals surface area contributed by atoms with Gasteiger partial charge in [0.25, 0.3) is 5.91 Å². The first-order valence-electron chi connectivity index (χ1n) is 11.2. The van der Waals surface area contributed by atoms with Crippen molar-refractivity contribution in [2.24, 2.45) is 0 Å². The van der Waals surface area contributed by atoms with Crippen molar-refractivity contribution in [1.82, 2.24) is 15.3 Å². The van der Waals surface area contributed by atoms with E-state index in [1.165, 1.54) is 13.8 Å². The van der Waals surface area contributed by atoms with E-state index in [9.17, 15) is 18.0 Å². The third-order valence-electron chi connectivity index (χ3n) is 5.74. The topological polar surface area (TPSA) is 64.1 Å². The van der Waals surface area contributed by atoms with Gasteiger partial charge in [0.2, 0.25) is 5.88 Å². The summed E-state index contributed by atoms with van der Waals surface area (Å²) in [6, 6.07) is 15.7. The average molecular weight is 518 g/mol. The fourth-order valence-electron chi connectivity index (χ4n) is 3.71. The van der Waals surface area contributed by atoms with Gasteiger partial charge in [0.15, 0.2) is 11.3 Å². The Labute approximate surface area is 213 Å². The molecule has 3 rings (SSSR count). The van der Waals surface area contributed by atoms with Crippen LogP contribution in [-0.4, -0.2) is 27.5 Å². The van der Waals surface area contributed by atoms with Crippen molar-refractivity contribution >= 4 is 23.6 Å². The SMILES string of the molecule is C=Cc1cccc(C(Cc2ccc(Cl)cc2)C(C)NC(=O)C(C)(C)Oc2cc(C(F)(F)F)ncn2)c1. The summed E-state index contributed by atoms with van der Waals surface area (Å²) in [5, 5.41) is 3.60. The van der Waals surface area contributed by atoms with Crippen molar-refractivity contribution in [1.29, 1.82) is 0 Å². The Morgan fingerprint density at radius 2 is 1.83 bits per heavy atom. The molecule has 2 unspecified atom stereocenters. The summed E-state index contributed by atoms with van der Waals surface area (Å²) in [5.41, 5.74) is 0.326. The van der Waals surface area contributed by atoms with E-state index in [1.807, 2.05) is 55.5 Å². The Hall–Kier alpha value is -3.39. The molecule has 2 aromatic carbocycles. The second-order valence-corrected chi connectivity index (χ2v) is 9.36. The zero-order chi connectivity index (χ0) is 26.5. The minimum absolute atomic E-state index is 0.123. The van der Waals surface area contributed by atoms with Crippen LogP contribution in [-0.2, 0) is 17.4 Å². The molecule has 0 radical (unpaired) electrons. The fourth-order valence-corrected chi connectivity index (χ4v) is 3.84. The molecule has 0 spiro atoms. The van der Waals surface area contributed by atoms with Crippen LogP contribution in [0.15, 0.2) is 67.5 Å². The lowest BCUT2D eigenvalue weighted by atomic mass is 9.85. The molecule has 1 heterocycles. The summed E-state index contributed by atoms with van der Waals surface area (Å²) in [7, 11) is 0. The Morgan fingerprint density at radius 1 is 1.14 bits per heavy atom. The van der Waals surface area contributed by atoms with Crippen LogP contribution in [0.3, 0.4) is 0 Å². The van der Waals surface area contributed by atoms with Crippen molar-refractivity contribution < 1.29 is 22.7 Å². The predicted octanol–water partition coefficient (Wildman–Crippen LogP) is 6.48. The number of alkyl halides is 3. The number of aromatic nitrogens is 2. The van der Waals surface area contributed by atoms with Crippen LogP contribution < -0.4 is 10.1 Å². The number of rotatable bonds is 9. The quantitative estimate of drug-likeness (QED) is 0.353. The molecule has 190 valence electrons. The highest BCUT2D eigenvalue weighted by Crippen LogP contribution is 2.30. The zero-order valence-corrected chi connectivity index (χ0v) is 20.9. The fraction of sp³-hybridized carbons (Fsp3) is 0.296. The number of hydrogen-bond donors (Lipinski definition) is 1. The van der Waals surface area contributed by atoms with Crippen LogP contribution >= 0.6 is 11.6 Å². The van der Waals surface area contributed by atoms with Gasteiger partial charge in [0, 0.05) is 23.0 Å². The third kappa shape index (κ3) is 7.07. The van der Waals surface area contributed by atoms with Gasteiger partial charge < -0.3 is 10.1 Å². The van der Waals surface area contributed by atoms with E-state index in [0.29, 0.717) is 17.5 Å². The molecule has 9 heteroatoms. The minimum Gasteiger partial charge on any atom is -0.461 e. The number of halogens is 4. The molecule has 0 aliphatic carbocycles. The van der Waals surface area contributed by atoms with Gasteiger partial charge in [-0.1, -0.05) is 60.7 Å². The maximum absolute atomic E-state index is 13.2. The molecule has 3 aromatic rings. The second-order valence-electron chi connectivity index (χ2n) is 8.93. The summed E-state index contributed by atoms with van der Waals surface area (Å²) >= 11 is 6.03. The van der Waals surface area contributed by atoms with Crippen molar-refractivity contribution in [3.05, 3.63) is 94.9 Å². The first-order chi connectivity index (χ1) is 16.9. The van der Waals surface area contributed by atoms with Gasteiger partial charge in [0.1, 0.15) is 6.33 Å². The monoisotopic (exact) mass is 517 g/mol. The first-order valence-corrected chi connectivity index (χ1v) is 11.6. The first kappa shape index (κ1) is 27.2. The van der Waals surface area contributed by atoms with Gasteiger partial charge >= 0.3 is 6.18 Å². The molecule has 36 heavy (non-hydrogen) atoms. The maximum Gasteiger partial charge on any atom is 0.433 e. The molecule has 1 amide bonds. The largest absolute Gasteiger partial charge is 0.461 e. The smallest absolute Gasteiger partial charge is 0.433 e. The number of carbonyl (C=O) groups excluding carboxylic acids is 1. The van der Waals surface area contributed by atoms with Crippen molar-refractivity contribution in [3.8, 4) is 5.88 Å². The molecule has 0 bridgehead atoms. The molecule has 0 aliphatic heterocycles. The van der Waals surface area contributed by atoms with Gasteiger partial charge in [-0.15, -0.1) is 0 Å². The minimum atomic E-state index is -4.66. The molecule has 2 atom stereocenters.